The van der Waals surface area contributed by atoms with Gasteiger partial charge in [-0.1, -0.05) is 48.2 Å². The molecule has 0 unspecified atom stereocenters. The van der Waals surface area contributed by atoms with E-state index in [1.165, 1.54) is 16.7 Å². The van der Waals surface area contributed by atoms with E-state index in [9.17, 15) is 4.79 Å². The number of aryl methyl sites for hydroxylation is 1. The second-order valence-electron chi connectivity index (χ2n) is 6.73. The quantitative estimate of drug-likeness (QED) is 0.298. The molecule has 0 radical (unpaired) electrons. The van der Waals surface area contributed by atoms with Crippen LogP contribution in [0.25, 0.3) is 6.08 Å². The summed E-state index contributed by atoms with van der Waals surface area (Å²) in [5, 5.41) is 0. The lowest BCUT2D eigenvalue weighted by Gasteiger charge is -2.12. The Kier molecular flexibility index (Phi) is 8.34. The molecule has 0 bridgehead atoms. The predicted molar refractivity (Wildman–Crippen MR) is 127 cm³/mol. The third kappa shape index (κ3) is 6.22. The number of hydrogen-bond acceptors (Lipinski definition) is 7. The number of para-hydroxylation sites is 1. The molecule has 6 nitrogen and oxygen atoms in total. The van der Waals surface area contributed by atoms with Crippen LogP contribution >= 0.6 is 24.0 Å². The molecule has 1 fully saturated rings. The Bertz CT molecular complexity index is 976. The van der Waals surface area contributed by atoms with Crippen molar-refractivity contribution in [2.24, 2.45) is 0 Å². The lowest BCUT2D eigenvalue weighted by molar-refractivity contribution is -0.121. The summed E-state index contributed by atoms with van der Waals surface area (Å²) in [5.74, 6) is 1.97. The van der Waals surface area contributed by atoms with Gasteiger partial charge in [-0.15, -0.1) is 0 Å². The first-order chi connectivity index (χ1) is 15.0. The molecule has 0 spiro atoms. The Hall–Kier alpha value is -2.55. The largest absolute Gasteiger partial charge is 0.493 e. The number of nitrogens with zero attached hydrogens (tertiary/aromatic N) is 1. The average molecular weight is 460 g/mol. The summed E-state index contributed by atoms with van der Waals surface area (Å²) < 4.78 is 23.0. The Balaban J connectivity index is 1.45. The summed E-state index contributed by atoms with van der Waals surface area (Å²) in [6.45, 7) is 3.78. The second kappa shape index (κ2) is 11.2. The zero-order chi connectivity index (χ0) is 22.2. The molecule has 2 aromatic rings. The number of thiocarbonyl (C=S) groups is 1. The van der Waals surface area contributed by atoms with Crippen LogP contribution in [-0.2, 0) is 9.53 Å². The second-order valence-corrected chi connectivity index (χ2v) is 8.40. The van der Waals surface area contributed by atoms with Crippen LogP contribution in [0.2, 0.25) is 0 Å². The van der Waals surface area contributed by atoms with Crippen molar-refractivity contribution in [1.29, 1.82) is 0 Å². The van der Waals surface area contributed by atoms with Crippen molar-refractivity contribution in [1.82, 2.24) is 4.90 Å². The normalized spacial score (nSPS) is 14.9. The fraction of sp³-hybridized carbons (Fsp3) is 0.304. The Morgan fingerprint density at radius 3 is 2.35 bits per heavy atom. The van der Waals surface area contributed by atoms with Crippen LogP contribution in [0, 0.1) is 6.92 Å². The van der Waals surface area contributed by atoms with E-state index in [2.05, 4.69) is 0 Å². The van der Waals surface area contributed by atoms with Crippen LogP contribution < -0.4 is 14.2 Å². The van der Waals surface area contributed by atoms with E-state index < -0.39 is 0 Å². The van der Waals surface area contributed by atoms with Crippen molar-refractivity contribution in [3.63, 3.8) is 0 Å². The van der Waals surface area contributed by atoms with Crippen molar-refractivity contribution in [3.8, 4) is 17.2 Å². The highest BCUT2D eigenvalue weighted by Gasteiger charge is 2.28. The standard InChI is InChI=1S/C23H25NO5S2/c1-16-6-4-5-7-18(16)28-12-10-27-11-13-29-19-9-8-17(14-20(19)26-3)15-21-22(25)24(2)23(30)31-21/h4-9,14-15H,10-13H2,1-3H3. The highest BCUT2D eigenvalue weighted by Crippen LogP contribution is 2.34. The van der Waals surface area contributed by atoms with E-state index in [1.807, 2.05) is 49.4 Å². The number of carbonyl (C=O) groups excluding carboxylic acids is 1. The van der Waals surface area contributed by atoms with Gasteiger partial charge in [0.25, 0.3) is 5.91 Å². The molecule has 0 saturated carbocycles. The molecule has 8 heteroatoms. The van der Waals surface area contributed by atoms with Gasteiger partial charge in [-0.2, -0.15) is 0 Å². The fourth-order valence-electron chi connectivity index (χ4n) is 2.83. The summed E-state index contributed by atoms with van der Waals surface area (Å²) in [6, 6.07) is 13.4. The van der Waals surface area contributed by atoms with Gasteiger partial charge >= 0.3 is 0 Å². The van der Waals surface area contributed by atoms with Gasteiger partial charge in [-0.05, 0) is 42.3 Å². The molecule has 164 valence electrons. The monoisotopic (exact) mass is 459 g/mol. The molecule has 1 aliphatic rings. The first-order valence-electron chi connectivity index (χ1n) is 9.78. The molecule has 0 N–H and O–H groups in total. The van der Waals surface area contributed by atoms with E-state index in [4.69, 9.17) is 31.2 Å². The minimum absolute atomic E-state index is 0.0992. The van der Waals surface area contributed by atoms with E-state index >= 15 is 0 Å². The molecular weight excluding hydrogens is 434 g/mol. The van der Waals surface area contributed by atoms with E-state index in [-0.39, 0.29) is 5.91 Å². The highest BCUT2D eigenvalue weighted by atomic mass is 32.2. The first kappa shape index (κ1) is 23.1. The third-order valence-electron chi connectivity index (χ3n) is 4.54. The van der Waals surface area contributed by atoms with Crippen molar-refractivity contribution < 1.29 is 23.7 Å². The van der Waals surface area contributed by atoms with Crippen molar-refractivity contribution in [3.05, 3.63) is 58.5 Å². The summed E-state index contributed by atoms with van der Waals surface area (Å²) >= 11 is 6.45. The molecule has 31 heavy (non-hydrogen) atoms. The zero-order valence-electron chi connectivity index (χ0n) is 17.8. The van der Waals surface area contributed by atoms with Gasteiger partial charge in [-0.25, -0.2) is 0 Å². The van der Waals surface area contributed by atoms with Crippen LogP contribution in [0.4, 0.5) is 0 Å². The van der Waals surface area contributed by atoms with Gasteiger partial charge in [-0.3, -0.25) is 9.69 Å². The summed E-state index contributed by atoms with van der Waals surface area (Å²) in [4.78, 5) is 14.2. The smallest absolute Gasteiger partial charge is 0.265 e. The lowest BCUT2D eigenvalue weighted by atomic mass is 10.2. The Labute approximate surface area is 192 Å². The maximum atomic E-state index is 12.2. The van der Waals surface area contributed by atoms with Gasteiger partial charge in [0.15, 0.2) is 11.5 Å². The van der Waals surface area contributed by atoms with E-state index in [0.717, 1.165) is 16.9 Å². The maximum Gasteiger partial charge on any atom is 0.265 e. The Morgan fingerprint density at radius 2 is 1.71 bits per heavy atom. The number of rotatable bonds is 10. The first-order valence-corrected chi connectivity index (χ1v) is 11.0. The summed E-state index contributed by atoms with van der Waals surface area (Å²) in [5.41, 5.74) is 1.94. The summed E-state index contributed by atoms with van der Waals surface area (Å²) in [6.07, 6.45) is 1.80. The lowest BCUT2D eigenvalue weighted by Crippen LogP contribution is -2.22. The van der Waals surface area contributed by atoms with Crippen LogP contribution in [0.15, 0.2) is 47.4 Å². The molecule has 2 aromatic carbocycles. The highest BCUT2D eigenvalue weighted by molar-refractivity contribution is 8.26. The van der Waals surface area contributed by atoms with Crippen LogP contribution in [0.5, 0.6) is 17.2 Å². The van der Waals surface area contributed by atoms with E-state index in [1.54, 1.807) is 20.2 Å². The molecule has 0 atom stereocenters. The number of carbonyl (C=O) groups is 1. The number of methoxy groups -OCH3 is 1. The molecule has 3 rings (SSSR count). The predicted octanol–water partition coefficient (Wildman–Crippen LogP) is 4.31. The number of amides is 1. The molecule has 1 saturated heterocycles. The van der Waals surface area contributed by atoms with Crippen LogP contribution in [-0.4, -0.2) is 55.7 Å². The average Bonchev–Trinajstić information content (AvgIpc) is 3.01. The SMILES string of the molecule is COc1cc(C=C2SC(=S)N(C)C2=O)ccc1OCCOCCOc1ccccc1C. The maximum absolute atomic E-state index is 12.2. The molecule has 1 amide bonds. The van der Waals surface area contributed by atoms with Gasteiger partial charge in [0.1, 0.15) is 23.3 Å². The third-order valence-corrected chi connectivity index (χ3v) is 6.02. The number of likely N-dealkylation sites (N-methyl/N-ethyl adjacent to an activating group) is 1. The van der Waals surface area contributed by atoms with Gasteiger partial charge in [0.2, 0.25) is 0 Å². The summed E-state index contributed by atoms with van der Waals surface area (Å²) in [7, 11) is 3.25. The number of benzene rings is 2. The minimum Gasteiger partial charge on any atom is -0.493 e. The zero-order valence-corrected chi connectivity index (χ0v) is 19.4. The minimum atomic E-state index is -0.0992. The van der Waals surface area contributed by atoms with Crippen molar-refractivity contribution >= 4 is 40.3 Å². The molecule has 1 aliphatic heterocycles. The molecule has 0 aromatic heterocycles. The molecular formula is C23H25NO5S2. The van der Waals surface area contributed by atoms with E-state index in [0.29, 0.717) is 47.2 Å². The molecule has 1 heterocycles. The fourth-order valence-corrected chi connectivity index (χ4v) is 4.01. The van der Waals surface area contributed by atoms with Crippen molar-refractivity contribution in [2.75, 3.05) is 40.6 Å². The van der Waals surface area contributed by atoms with Gasteiger partial charge < -0.3 is 18.9 Å². The van der Waals surface area contributed by atoms with Crippen molar-refractivity contribution in [2.45, 2.75) is 6.92 Å². The number of thioether (sulfide) groups is 1. The number of hydrogen-bond donors (Lipinski definition) is 0. The Morgan fingerprint density at radius 1 is 1.00 bits per heavy atom. The van der Waals surface area contributed by atoms with Crippen LogP contribution in [0.1, 0.15) is 11.1 Å². The number of ether oxygens (including phenoxy) is 4. The molecule has 0 aliphatic carbocycles. The van der Waals surface area contributed by atoms with Crippen LogP contribution in [0.3, 0.4) is 0 Å². The van der Waals surface area contributed by atoms with Gasteiger partial charge in [0, 0.05) is 7.05 Å². The van der Waals surface area contributed by atoms with Gasteiger partial charge in [0.05, 0.1) is 25.2 Å². The topological polar surface area (TPSA) is 57.2 Å².